The number of fused-ring (bicyclic) bond motifs is 1. The molecular weight excluding hydrogens is 489 g/mol. The van der Waals surface area contributed by atoms with E-state index in [-0.39, 0.29) is 18.1 Å². The number of aryl methyl sites for hydroxylation is 1. The summed E-state index contributed by atoms with van der Waals surface area (Å²) < 4.78 is 57.4. The molecule has 1 atom stereocenters. The van der Waals surface area contributed by atoms with Crippen LogP contribution in [-0.2, 0) is 7.05 Å². The maximum atomic E-state index is 13.0. The van der Waals surface area contributed by atoms with Gasteiger partial charge in [-0.25, -0.2) is 4.98 Å². The van der Waals surface area contributed by atoms with E-state index in [2.05, 4.69) is 25.6 Å². The lowest BCUT2D eigenvalue weighted by Gasteiger charge is -2.15. The molecule has 2 N–H and O–H groups in total. The first-order valence-electron chi connectivity index (χ1n) is 11.2. The van der Waals surface area contributed by atoms with Crippen LogP contribution in [0.15, 0.2) is 59.7 Å². The Bertz CT molecular complexity index is 1460. The van der Waals surface area contributed by atoms with Crippen molar-refractivity contribution in [3.05, 3.63) is 60.4 Å². The van der Waals surface area contributed by atoms with Gasteiger partial charge in [0.2, 0.25) is 5.95 Å². The van der Waals surface area contributed by atoms with E-state index in [1.165, 1.54) is 12.3 Å². The highest BCUT2D eigenvalue weighted by Gasteiger charge is 2.42. The van der Waals surface area contributed by atoms with E-state index in [1.807, 2.05) is 29.8 Å². The summed E-state index contributed by atoms with van der Waals surface area (Å²) in [4.78, 5) is 12.7. The molecule has 0 fully saturated rings. The van der Waals surface area contributed by atoms with Gasteiger partial charge in [0.1, 0.15) is 40.6 Å². The topological polar surface area (TPSA) is 94.8 Å². The van der Waals surface area contributed by atoms with Crippen molar-refractivity contribution >= 4 is 28.5 Å². The molecule has 0 aliphatic carbocycles. The molecule has 37 heavy (non-hydrogen) atoms. The van der Waals surface area contributed by atoms with Crippen LogP contribution >= 0.6 is 0 Å². The highest BCUT2D eigenvalue weighted by molar-refractivity contribution is 5.98. The maximum absolute atomic E-state index is 13.0. The quantitative estimate of drug-likeness (QED) is 0.367. The summed E-state index contributed by atoms with van der Waals surface area (Å²) in [5, 5.41) is 5.65. The van der Waals surface area contributed by atoms with Crippen LogP contribution in [0, 0.1) is 0 Å². The second kappa shape index (κ2) is 9.52. The van der Waals surface area contributed by atoms with Gasteiger partial charge in [-0.05, 0) is 18.2 Å². The van der Waals surface area contributed by atoms with Crippen LogP contribution in [0.5, 0.6) is 23.0 Å². The summed E-state index contributed by atoms with van der Waals surface area (Å²) in [5.74, 6) is 2.87. The van der Waals surface area contributed by atoms with Crippen molar-refractivity contribution in [1.29, 1.82) is 0 Å². The molecule has 1 unspecified atom stereocenters. The van der Waals surface area contributed by atoms with E-state index in [4.69, 9.17) is 14.2 Å². The number of ether oxygens (including phenoxy) is 3. The smallest absolute Gasteiger partial charge is 0.410 e. The fourth-order valence-electron chi connectivity index (χ4n) is 3.88. The van der Waals surface area contributed by atoms with Gasteiger partial charge in [-0.1, -0.05) is 0 Å². The SMILES string of the molecule is COc1cc(Nc2nc3cc(Oc4ccnc(C5=NCC(C(F)(F)F)N5)c4)ccc3n2C)cc(OC)c1. The average Bonchev–Trinajstić information content (AvgIpc) is 3.50. The van der Waals surface area contributed by atoms with Crippen LogP contribution in [0.25, 0.3) is 11.0 Å². The van der Waals surface area contributed by atoms with E-state index in [1.54, 1.807) is 38.5 Å². The Labute approximate surface area is 209 Å². The zero-order valence-electron chi connectivity index (χ0n) is 20.1. The van der Waals surface area contributed by atoms with Gasteiger partial charge in [0.05, 0.1) is 31.8 Å². The van der Waals surface area contributed by atoms with Gasteiger partial charge in [0.25, 0.3) is 0 Å². The van der Waals surface area contributed by atoms with Gasteiger partial charge in [0.15, 0.2) is 0 Å². The molecule has 1 aliphatic heterocycles. The molecule has 0 radical (unpaired) electrons. The van der Waals surface area contributed by atoms with Gasteiger partial charge in [-0.2, -0.15) is 13.2 Å². The Morgan fingerprint density at radius 3 is 2.38 bits per heavy atom. The third-order valence-corrected chi connectivity index (χ3v) is 5.81. The number of nitrogens with one attached hydrogen (secondary N) is 2. The Morgan fingerprint density at radius 2 is 1.70 bits per heavy atom. The molecule has 5 rings (SSSR count). The molecule has 3 heterocycles. The summed E-state index contributed by atoms with van der Waals surface area (Å²) >= 11 is 0. The Kier molecular flexibility index (Phi) is 6.24. The summed E-state index contributed by atoms with van der Waals surface area (Å²) in [7, 11) is 5.05. The molecule has 0 spiro atoms. The number of rotatable bonds is 7. The number of methoxy groups -OCH3 is 2. The van der Waals surface area contributed by atoms with Crippen LogP contribution in [0.1, 0.15) is 5.69 Å². The van der Waals surface area contributed by atoms with Gasteiger partial charge in [-0.15, -0.1) is 0 Å². The predicted molar refractivity (Wildman–Crippen MR) is 132 cm³/mol. The molecule has 2 aromatic heterocycles. The van der Waals surface area contributed by atoms with Crippen LogP contribution in [-0.4, -0.2) is 53.4 Å². The summed E-state index contributed by atoms with van der Waals surface area (Å²) in [6.07, 6.45) is -2.93. The number of aliphatic imine (C=N–C) groups is 1. The maximum Gasteiger partial charge on any atom is 0.410 e. The predicted octanol–water partition coefficient (Wildman–Crippen LogP) is 4.80. The summed E-state index contributed by atoms with van der Waals surface area (Å²) in [6, 6.07) is 12.3. The number of imidazole rings is 1. The van der Waals surface area contributed by atoms with Crippen molar-refractivity contribution in [2.75, 3.05) is 26.1 Å². The number of hydrogen-bond donors (Lipinski definition) is 2. The first kappa shape index (κ1) is 24.2. The van der Waals surface area contributed by atoms with Gasteiger partial charge < -0.3 is 29.4 Å². The van der Waals surface area contributed by atoms with Gasteiger partial charge >= 0.3 is 6.18 Å². The van der Waals surface area contributed by atoms with Crippen LogP contribution < -0.4 is 24.8 Å². The molecule has 192 valence electrons. The first-order valence-corrected chi connectivity index (χ1v) is 11.2. The lowest BCUT2D eigenvalue weighted by molar-refractivity contribution is -0.147. The third kappa shape index (κ3) is 5.08. The van der Waals surface area contributed by atoms with Gasteiger partial charge in [-0.3, -0.25) is 9.98 Å². The van der Waals surface area contributed by atoms with Crippen molar-refractivity contribution in [2.24, 2.45) is 12.0 Å². The van der Waals surface area contributed by atoms with E-state index in [0.29, 0.717) is 34.5 Å². The number of aromatic nitrogens is 3. The number of alkyl halides is 3. The number of amidine groups is 1. The second-order valence-corrected chi connectivity index (χ2v) is 8.28. The number of pyridine rings is 1. The van der Waals surface area contributed by atoms with Crippen molar-refractivity contribution in [1.82, 2.24) is 19.9 Å². The highest BCUT2D eigenvalue weighted by atomic mass is 19.4. The lowest BCUT2D eigenvalue weighted by atomic mass is 10.2. The lowest BCUT2D eigenvalue weighted by Crippen LogP contribution is -2.42. The standard InChI is InChI=1S/C25H23F3N6O3/c1-34-21-5-4-15(11-19(21)32-24(34)31-14-8-17(35-2)10-18(9-14)36-3)37-16-6-7-29-20(12-16)23-30-13-22(33-23)25(26,27)28/h4-12,22H,13H2,1-3H3,(H,30,33)(H,31,32). The minimum atomic E-state index is -4.39. The number of nitrogens with zero attached hydrogens (tertiary/aromatic N) is 4. The van der Waals surface area contributed by atoms with Crippen molar-refractivity contribution in [3.63, 3.8) is 0 Å². The fraction of sp³-hybridized carbons (Fsp3) is 0.240. The molecule has 0 saturated carbocycles. The molecule has 0 saturated heterocycles. The normalized spacial score (nSPS) is 15.3. The second-order valence-electron chi connectivity index (χ2n) is 8.28. The van der Waals surface area contributed by atoms with E-state index >= 15 is 0 Å². The zero-order chi connectivity index (χ0) is 26.2. The number of benzene rings is 2. The minimum absolute atomic E-state index is 0.0813. The van der Waals surface area contributed by atoms with E-state index < -0.39 is 12.2 Å². The van der Waals surface area contributed by atoms with Crippen LogP contribution in [0.4, 0.5) is 24.8 Å². The molecule has 12 heteroatoms. The molecule has 0 bridgehead atoms. The van der Waals surface area contributed by atoms with Crippen LogP contribution in [0.3, 0.4) is 0 Å². The Morgan fingerprint density at radius 1 is 0.973 bits per heavy atom. The number of anilines is 2. The number of hydrogen-bond acceptors (Lipinski definition) is 8. The summed E-state index contributed by atoms with van der Waals surface area (Å²) in [6.45, 7) is -0.388. The average molecular weight is 512 g/mol. The molecule has 2 aromatic carbocycles. The van der Waals surface area contributed by atoms with Crippen molar-refractivity contribution < 1.29 is 27.4 Å². The first-order chi connectivity index (χ1) is 17.7. The third-order valence-electron chi connectivity index (χ3n) is 5.81. The zero-order valence-corrected chi connectivity index (χ0v) is 20.1. The van der Waals surface area contributed by atoms with Crippen LogP contribution in [0.2, 0.25) is 0 Å². The molecule has 1 aliphatic rings. The molecule has 0 amide bonds. The Balaban J connectivity index is 1.35. The largest absolute Gasteiger partial charge is 0.497 e. The minimum Gasteiger partial charge on any atom is -0.497 e. The van der Waals surface area contributed by atoms with Crippen molar-refractivity contribution in [3.8, 4) is 23.0 Å². The summed E-state index contributed by atoms with van der Waals surface area (Å²) in [5.41, 5.74) is 2.55. The fourth-order valence-corrected chi connectivity index (χ4v) is 3.88. The van der Waals surface area contributed by atoms with Gasteiger partial charge in [0, 0.05) is 49.3 Å². The molecular formula is C25H23F3N6O3. The highest BCUT2D eigenvalue weighted by Crippen LogP contribution is 2.31. The van der Waals surface area contributed by atoms with E-state index in [9.17, 15) is 13.2 Å². The monoisotopic (exact) mass is 512 g/mol. The molecule has 4 aromatic rings. The number of halogens is 3. The molecule has 9 nitrogen and oxygen atoms in total. The van der Waals surface area contributed by atoms with Crippen molar-refractivity contribution in [2.45, 2.75) is 12.2 Å². The Hall–Kier alpha value is -4.48. The van der Waals surface area contributed by atoms with E-state index in [0.717, 1.165) is 11.2 Å².